The van der Waals surface area contributed by atoms with Gasteiger partial charge in [0.15, 0.2) is 0 Å². The first-order chi connectivity index (χ1) is 12.8. The molecule has 0 radical (unpaired) electrons. The predicted molar refractivity (Wildman–Crippen MR) is 110 cm³/mol. The van der Waals surface area contributed by atoms with E-state index in [-0.39, 0.29) is 18.1 Å². The summed E-state index contributed by atoms with van der Waals surface area (Å²) in [6.07, 6.45) is 0.220. The van der Waals surface area contributed by atoms with Gasteiger partial charge in [0.1, 0.15) is 0 Å². The summed E-state index contributed by atoms with van der Waals surface area (Å²) in [5, 5.41) is 9.76. The predicted octanol–water partition coefficient (Wildman–Crippen LogP) is 5.00. The standard InChI is InChI=1S/C22H17NOS2/c23-16-21(22-25-13-14-26-22)20(18-9-5-2-6-10-18)15-19(24)12-11-17-7-3-1-4-8-17/h1-10,20H,13-15H2. The summed E-state index contributed by atoms with van der Waals surface area (Å²) in [4.78, 5) is 12.5. The Morgan fingerprint density at radius 2 is 1.62 bits per heavy atom. The van der Waals surface area contributed by atoms with Gasteiger partial charge in [0.2, 0.25) is 5.78 Å². The van der Waals surface area contributed by atoms with E-state index < -0.39 is 0 Å². The van der Waals surface area contributed by atoms with Crippen LogP contribution in [0.5, 0.6) is 0 Å². The topological polar surface area (TPSA) is 40.9 Å². The molecule has 1 aliphatic rings. The lowest BCUT2D eigenvalue weighted by molar-refractivity contribution is -0.114. The molecule has 2 nitrogen and oxygen atoms in total. The van der Waals surface area contributed by atoms with Gasteiger partial charge in [-0.25, -0.2) is 0 Å². The molecule has 3 rings (SSSR count). The van der Waals surface area contributed by atoms with E-state index in [0.29, 0.717) is 5.57 Å². The number of nitrogens with zero attached hydrogens (tertiary/aromatic N) is 1. The Bertz CT molecular complexity index is 894. The molecule has 2 aromatic rings. The van der Waals surface area contributed by atoms with Crippen LogP contribution in [0.15, 0.2) is 70.5 Å². The molecule has 1 heterocycles. The summed E-state index contributed by atoms with van der Waals surface area (Å²) in [6, 6.07) is 21.6. The highest BCUT2D eigenvalue weighted by Crippen LogP contribution is 2.43. The zero-order valence-electron chi connectivity index (χ0n) is 14.1. The molecular weight excluding hydrogens is 358 g/mol. The lowest BCUT2D eigenvalue weighted by Gasteiger charge is -2.16. The van der Waals surface area contributed by atoms with Crippen LogP contribution in [0.2, 0.25) is 0 Å². The summed E-state index contributed by atoms with van der Waals surface area (Å²) >= 11 is 3.42. The molecule has 2 aromatic carbocycles. The molecule has 26 heavy (non-hydrogen) atoms. The Morgan fingerprint density at radius 1 is 1.00 bits per heavy atom. The number of Topliss-reactive ketones (excluding diaryl/α,β-unsaturated/α-hetero) is 1. The molecule has 0 bridgehead atoms. The van der Waals surface area contributed by atoms with Crippen molar-refractivity contribution in [1.29, 1.82) is 5.26 Å². The van der Waals surface area contributed by atoms with Gasteiger partial charge in [-0.3, -0.25) is 4.79 Å². The van der Waals surface area contributed by atoms with Crippen LogP contribution in [0, 0.1) is 23.2 Å². The van der Waals surface area contributed by atoms with Gasteiger partial charge in [-0.05, 0) is 23.6 Å². The second kappa shape index (κ2) is 9.34. The van der Waals surface area contributed by atoms with Gasteiger partial charge in [0.05, 0.1) is 15.9 Å². The third kappa shape index (κ3) is 4.82. The largest absolute Gasteiger partial charge is 0.285 e. The minimum atomic E-state index is -0.244. The fourth-order valence-electron chi connectivity index (χ4n) is 2.70. The third-order valence-electron chi connectivity index (χ3n) is 3.95. The van der Waals surface area contributed by atoms with E-state index in [2.05, 4.69) is 17.9 Å². The van der Waals surface area contributed by atoms with Crippen molar-refractivity contribution in [1.82, 2.24) is 0 Å². The van der Waals surface area contributed by atoms with Gasteiger partial charge in [-0.2, -0.15) is 5.26 Å². The monoisotopic (exact) mass is 375 g/mol. The van der Waals surface area contributed by atoms with E-state index in [9.17, 15) is 10.1 Å². The number of hydrogen-bond acceptors (Lipinski definition) is 4. The van der Waals surface area contributed by atoms with Crippen LogP contribution in [0.3, 0.4) is 0 Å². The van der Waals surface area contributed by atoms with E-state index in [1.54, 1.807) is 23.5 Å². The number of carbonyl (C=O) groups is 1. The molecule has 0 aromatic heterocycles. The van der Waals surface area contributed by atoms with Crippen molar-refractivity contribution in [2.75, 3.05) is 11.5 Å². The van der Waals surface area contributed by atoms with Crippen LogP contribution in [-0.4, -0.2) is 17.3 Å². The minimum Gasteiger partial charge on any atom is -0.285 e. The van der Waals surface area contributed by atoms with Crippen molar-refractivity contribution >= 4 is 29.3 Å². The van der Waals surface area contributed by atoms with Crippen LogP contribution in [0.4, 0.5) is 0 Å². The highest BCUT2D eigenvalue weighted by atomic mass is 32.2. The van der Waals surface area contributed by atoms with Crippen LogP contribution in [0.1, 0.15) is 23.5 Å². The summed E-state index contributed by atoms with van der Waals surface area (Å²) in [5.41, 5.74) is 2.50. The maximum Gasteiger partial charge on any atom is 0.206 e. The van der Waals surface area contributed by atoms with Crippen LogP contribution in [-0.2, 0) is 4.79 Å². The van der Waals surface area contributed by atoms with E-state index in [4.69, 9.17) is 0 Å². The molecule has 1 atom stereocenters. The summed E-state index contributed by atoms with van der Waals surface area (Å²) in [6.45, 7) is 0. The maximum atomic E-state index is 12.5. The van der Waals surface area contributed by atoms with Crippen molar-refractivity contribution in [3.05, 3.63) is 81.6 Å². The molecule has 0 aliphatic carbocycles. The van der Waals surface area contributed by atoms with E-state index in [0.717, 1.165) is 26.9 Å². The average Bonchev–Trinajstić information content (AvgIpc) is 3.22. The minimum absolute atomic E-state index is 0.149. The number of carbonyl (C=O) groups excluding carboxylic acids is 1. The molecule has 0 N–H and O–H groups in total. The number of benzene rings is 2. The van der Waals surface area contributed by atoms with Crippen LogP contribution < -0.4 is 0 Å². The normalized spacial score (nSPS) is 14.0. The van der Waals surface area contributed by atoms with E-state index in [1.165, 1.54) is 0 Å². The molecule has 4 heteroatoms. The van der Waals surface area contributed by atoms with Gasteiger partial charge >= 0.3 is 0 Å². The molecule has 1 unspecified atom stereocenters. The van der Waals surface area contributed by atoms with Crippen LogP contribution >= 0.6 is 23.5 Å². The Kier molecular flexibility index (Phi) is 6.61. The van der Waals surface area contributed by atoms with Gasteiger partial charge < -0.3 is 0 Å². The number of ketones is 1. The molecule has 0 amide bonds. The number of allylic oxidation sites excluding steroid dienone is 1. The molecule has 1 fully saturated rings. The fraction of sp³-hybridized carbons (Fsp3) is 0.182. The van der Waals surface area contributed by atoms with Crippen molar-refractivity contribution in [3.63, 3.8) is 0 Å². The maximum absolute atomic E-state index is 12.5. The molecule has 0 saturated carbocycles. The molecule has 1 saturated heterocycles. The van der Waals surface area contributed by atoms with Crippen molar-refractivity contribution in [2.24, 2.45) is 0 Å². The number of rotatable bonds is 4. The Balaban J connectivity index is 1.87. The lowest BCUT2D eigenvalue weighted by Crippen LogP contribution is -2.08. The van der Waals surface area contributed by atoms with Gasteiger partial charge in [-0.1, -0.05) is 54.5 Å². The van der Waals surface area contributed by atoms with Gasteiger partial charge in [0, 0.05) is 29.4 Å². The van der Waals surface area contributed by atoms with E-state index >= 15 is 0 Å². The molecule has 128 valence electrons. The first-order valence-corrected chi connectivity index (χ1v) is 10.3. The van der Waals surface area contributed by atoms with Crippen molar-refractivity contribution in [2.45, 2.75) is 12.3 Å². The van der Waals surface area contributed by atoms with E-state index in [1.807, 2.05) is 60.7 Å². The lowest BCUT2D eigenvalue weighted by atomic mass is 9.88. The van der Waals surface area contributed by atoms with Crippen molar-refractivity contribution in [3.8, 4) is 17.9 Å². The SMILES string of the molecule is N#CC(=C1SCCS1)C(CC(=O)C#Cc1ccccc1)c1ccccc1. The first-order valence-electron chi connectivity index (χ1n) is 8.32. The van der Waals surface area contributed by atoms with Crippen molar-refractivity contribution < 1.29 is 4.79 Å². The summed E-state index contributed by atoms with van der Waals surface area (Å²) < 4.78 is 1.05. The number of hydrogen-bond donors (Lipinski definition) is 0. The Morgan fingerprint density at radius 3 is 2.23 bits per heavy atom. The quantitative estimate of drug-likeness (QED) is 0.557. The zero-order chi connectivity index (χ0) is 18.2. The smallest absolute Gasteiger partial charge is 0.206 e. The van der Waals surface area contributed by atoms with Gasteiger partial charge in [0.25, 0.3) is 0 Å². The average molecular weight is 376 g/mol. The molecule has 1 aliphatic heterocycles. The second-order valence-electron chi connectivity index (χ2n) is 5.72. The number of nitriles is 1. The second-order valence-corrected chi connectivity index (χ2v) is 8.19. The highest BCUT2D eigenvalue weighted by Gasteiger charge is 2.25. The highest BCUT2D eigenvalue weighted by molar-refractivity contribution is 8.25. The van der Waals surface area contributed by atoms with Gasteiger partial charge in [-0.15, -0.1) is 23.5 Å². The third-order valence-corrected chi connectivity index (χ3v) is 6.70. The molecule has 0 spiro atoms. The Labute approximate surface area is 162 Å². The summed E-state index contributed by atoms with van der Waals surface area (Å²) in [5.74, 6) is 7.28. The first kappa shape index (κ1) is 18.4. The van der Waals surface area contributed by atoms with Crippen LogP contribution in [0.25, 0.3) is 0 Å². The Hall–Kier alpha value is -2.40. The number of thioether (sulfide) groups is 2. The fourth-order valence-corrected chi connectivity index (χ4v) is 5.26. The zero-order valence-corrected chi connectivity index (χ0v) is 15.8. The summed E-state index contributed by atoms with van der Waals surface area (Å²) in [7, 11) is 0. The molecular formula is C22H17NOS2.